The van der Waals surface area contributed by atoms with Crippen molar-refractivity contribution in [3.05, 3.63) is 59.7 Å². The molecule has 10 heteroatoms. The number of fused-ring (bicyclic) bond motifs is 1. The van der Waals surface area contributed by atoms with E-state index in [1.54, 1.807) is 50.4 Å². The summed E-state index contributed by atoms with van der Waals surface area (Å²) in [6.45, 7) is 0.343. The van der Waals surface area contributed by atoms with E-state index in [-0.39, 0.29) is 12.3 Å². The molecule has 3 amide bonds. The van der Waals surface area contributed by atoms with Crippen LogP contribution < -0.4 is 20.1 Å². The van der Waals surface area contributed by atoms with Crippen LogP contribution in [0.5, 0.6) is 11.5 Å². The van der Waals surface area contributed by atoms with Gasteiger partial charge in [-0.1, -0.05) is 36.4 Å². The summed E-state index contributed by atoms with van der Waals surface area (Å²) in [7, 11) is 4.75. The fraction of sp³-hybridized carbons (Fsp3) is 0.333. The van der Waals surface area contributed by atoms with E-state index in [4.69, 9.17) is 9.47 Å². The lowest BCUT2D eigenvalue weighted by Crippen LogP contribution is -2.65. The maximum absolute atomic E-state index is 12.9. The molecule has 4 rings (SSSR count). The summed E-state index contributed by atoms with van der Waals surface area (Å²) < 4.78 is 10.6. The molecule has 2 N–H and O–H groups in total. The lowest BCUT2D eigenvalue weighted by Gasteiger charge is -2.35. The molecule has 2 unspecified atom stereocenters. The van der Waals surface area contributed by atoms with E-state index in [1.807, 2.05) is 24.3 Å². The number of rotatable bonds is 8. The van der Waals surface area contributed by atoms with E-state index in [0.29, 0.717) is 36.0 Å². The molecule has 0 spiro atoms. The van der Waals surface area contributed by atoms with Crippen LogP contribution in [-0.2, 0) is 11.2 Å². The zero-order valence-electron chi connectivity index (χ0n) is 19.3. The summed E-state index contributed by atoms with van der Waals surface area (Å²) in [5, 5.41) is 5.50. The molecule has 178 valence electrons. The van der Waals surface area contributed by atoms with Gasteiger partial charge >= 0.3 is 6.03 Å². The van der Waals surface area contributed by atoms with Crippen molar-refractivity contribution in [2.24, 2.45) is 4.99 Å². The Balaban J connectivity index is 1.56. The van der Waals surface area contributed by atoms with Crippen molar-refractivity contribution in [3.8, 4) is 11.5 Å². The molecule has 2 saturated heterocycles. The number of nitrogens with zero attached hydrogens (tertiary/aromatic N) is 3. The van der Waals surface area contributed by atoms with Gasteiger partial charge in [-0.3, -0.25) is 19.9 Å². The van der Waals surface area contributed by atoms with Crippen LogP contribution in [-0.4, -0.2) is 80.0 Å². The van der Waals surface area contributed by atoms with Crippen LogP contribution in [0.1, 0.15) is 15.9 Å². The Morgan fingerprint density at radius 3 is 2.50 bits per heavy atom. The smallest absolute Gasteiger partial charge is 0.325 e. The fourth-order valence-corrected chi connectivity index (χ4v) is 4.09. The summed E-state index contributed by atoms with van der Waals surface area (Å²) in [5.41, 5.74) is 1.53. The second-order valence-corrected chi connectivity index (χ2v) is 8.00. The molecule has 0 bridgehead atoms. The summed E-state index contributed by atoms with van der Waals surface area (Å²) in [6.07, 6.45) is -0.0212. The number of aliphatic imine (C=N–C) groups is 1. The Kier molecular flexibility index (Phi) is 6.67. The van der Waals surface area contributed by atoms with Crippen LogP contribution in [0.25, 0.3) is 0 Å². The van der Waals surface area contributed by atoms with Crippen LogP contribution >= 0.6 is 0 Å². The lowest BCUT2D eigenvalue weighted by atomic mass is 10.1. The normalized spacial score (nSPS) is 20.6. The summed E-state index contributed by atoms with van der Waals surface area (Å²) in [4.78, 5) is 45.4. The highest BCUT2D eigenvalue weighted by Crippen LogP contribution is 2.28. The average Bonchev–Trinajstić information content (AvgIpc) is 3.21. The molecule has 2 fully saturated rings. The van der Waals surface area contributed by atoms with Crippen molar-refractivity contribution in [1.82, 2.24) is 20.4 Å². The van der Waals surface area contributed by atoms with Gasteiger partial charge in [-0.25, -0.2) is 4.79 Å². The quantitative estimate of drug-likeness (QED) is 0.565. The molecule has 0 aliphatic carbocycles. The third-order valence-corrected chi connectivity index (χ3v) is 5.94. The number of hydrogen-bond acceptors (Lipinski definition) is 6. The molecule has 2 aliphatic rings. The molecule has 10 nitrogen and oxygen atoms in total. The molecular formula is C24H27N5O5. The molecule has 0 aromatic heterocycles. The molecular weight excluding hydrogens is 438 g/mol. The van der Waals surface area contributed by atoms with Crippen LogP contribution in [0.3, 0.4) is 0 Å². The summed E-state index contributed by atoms with van der Waals surface area (Å²) in [6, 6.07) is 13.3. The second kappa shape index (κ2) is 9.82. The van der Waals surface area contributed by atoms with Crippen molar-refractivity contribution in [2.45, 2.75) is 18.6 Å². The van der Waals surface area contributed by atoms with E-state index < -0.39 is 24.1 Å². The van der Waals surface area contributed by atoms with Crippen LogP contribution in [0, 0.1) is 0 Å². The maximum Gasteiger partial charge on any atom is 0.325 e. The number of methoxy groups -OCH3 is 2. The molecule has 34 heavy (non-hydrogen) atoms. The second-order valence-electron chi connectivity index (χ2n) is 8.00. The van der Waals surface area contributed by atoms with E-state index in [0.717, 1.165) is 5.56 Å². The van der Waals surface area contributed by atoms with Crippen molar-refractivity contribution in [3.63, 3.8) is 0 Å². The molecule has 0 saturated carbocycles. The van der Waals surface area contributed by atoms with Gasteiger partial charge < -0.3 is 24.6 Å². The van der Waals surface area contributed by atoms with Crippen molar-refractivity contribution in [2.75, 3.05) is 34.4 Å². The first-order chi connectivity index (χ1) is 16.4. The first-order valence-electron chi connectivity index (χ1n) is 10.9. The third-order valence-electron chi connectivity index (χ3n) is 5.94. The number of amides is 3. The van der Waals surface area contributed by atoms with Crippen LogP contribution in [0.2, 0.25) is 0 Å². The number of urea groups is 1. The zero-order chi connectivity index (χ0) is 24.2. The highest BCUT2D eigenvalue weighted by Gasteiger charge is 2.50. The SMILES string of the molecule is COc1ccc(CCN=C2NC3C(C(=O)NC(=O)N3C)N2CC(=O)c2ccccc2)cc1OC. The number of benzene rings is 2. The molecule has 2 atom stereocenters. The summed E-state index contributed by atoms with van der Waals surface area (Å²) >= 11 is 0. The van der Waals surface area contributed by atoms with Gasteiger partial charge in [0.1, 0.15) is 6.17 Å². The largest absolute Gasteiger partial charge is 0.493 e. The number of nitrogens with one attached hydrogen (secondary N) is 2. The minimum Gasteiger partial charge on any atom is -0.493 e. The minimum atomic E-state index is -0.768. The van der Waals surface area contributed by atoms with E-state index in [1.165, 1.54) is 4.90 Å². The lowest BCUT2D eigenvalue weighted by molar-refractivity contribution is -0.126. The van der Waals surface area contributed by atoms with Gasteiger partial charge in [0, 0.05) is 19.2 Å². The first kappa shape index (κ1) is 23.1. The van der Waals surface area contributed by atoms with Gasteiger partial charge in [-0.05, 0) is 24.1 Å². The van der Waals surface area contributed by atoms with Crippen molar-refractivity contribution in [1.29, 1.82) is 0 Å². The number of carbonyl (C=O) groups excluding carboxylic acids is 3. The molecule has 2 aliphatic heterocycles. The summed E-state index contributed by atoms with van der Waals surface area (Å²) in [5.74, 6) is 1.05. The molecule has 0 radical (unpaired) electrons. The number of Topliss-reactive ketones (excluding diaryl/α,β-unsaturated/α-hetero) is 1. The van der Waals surface area contributed by atoms with Gasteiger partial charge in [0.05, 0.1) is 20.8 Å². The number of guanidine groups is 1. The third kappa shape index (κ3) is 4.52. The number of imide groups is 1. The van der Waals surface area contributed by atoms with Gasteiger partial charge in [-0.2, -0.15) is 0 Å². The predicted molar refractivity (Wildman–Crippen MR) is 125 cm³/mol. The van der Waals surface area contributed by atoms with Crippen LogP contribution in [0.15, 0.2) is 53.5 Å². The number of hydrogen-bond donors (Lipinski definition) is 2. The fourth-order valence-electron chi connectivity index (χ4n) is 4.09. The number of ether oxygens (including phenoxy) is 2. The predicted octanol–water partition coefficient (Wildman–Crippen LogP) is 1.27. The monoisotopic (exact) mass is 465 g/mol. The Morgan fingerprint density at radius 2 is 1.79 bits per heavy atom. The molecule has 2 aromatic carbocycles. The Bertz CT molecular complexity index is 1120. The number of likely N-dealkylation sites (N-methyl/N-ethyl adjacent to an activating group) is 1. The van der Waals surface area contributed by atoms with Crippen LogP contribution in [0.4, 0.5) is 4.79 Å². The maximum atomic E-state index is 12.9. The minimum absolute atomic E-state index is 0.0528. The van der Waals surface area contributed by atoms with Gasteiger partial charge in [0.25, 0.3) is 5.91 Å². The average molecular weight is 466 g/mol. The van der Waals surface area contributed by atoms with Gasteiger partial charge in [-0.15, -0.1) is 0 Å². The zero-order valence-corrected chi connectivity index (χ0v) is 19.3. The number of carbonyl (C=O) groups is 3. The topological polar surface area (TPSA) is 113 Å². The van der Waals surface area contributed by atoms with E-state index >= 15 is 0 Å². The molecule has 2 aromatic rings. The van der Waals surface area contributed by atoms with Gasteiger partial charge in [0.15, 0.2) is 29.3 Å². The van der Waals surface area contributed by atoms with Gasteiger partial charge in [0.2, 0.25) is 0 Å². The molecule has 2 heterocycles. The van der Waals surface area contributed by atoms with Crippen molar-refractivity contribution < 1.29 is 23.9 Å². The highest BCUT2D eigenvalue weighted by atomic mass is 16.5. The Labute approximate surface area is 197 Å². The highest BCUT2D eigenvalue weighted by molar-refractivity contribution is 6.06. The first-order valence-corrected chi connectivity index (χ1v) is 10.9. The van der Waals surface area contributed by atoms with Crippen molar-refractivity contribution >= 4 is 23.7 Å². The Hall–Kier alpha value is -4.08. The van der Waals surface area contributed by atoms with E-state index in [9.17, 15) is 14.4 Å². The van der Waals surface area contributed by atoms with E-state index in [2.05, 4.69) is 15.6 Å². The number of ketones is 1. The standard InChI is InChI=1S/C24H27N5O5/c1-28-21-20(22(31)27-24(28)32)29(14-17(30)16-7-5-4-6-8-16)23(26-21)25-12-11-15-9-10-18(33-2)19(13-15)34-3/h4-10,13,20-21H,11-12,14H2,1-3H3,(H,25,26)(H,27,31,32). The Morgan fingerprint density at radius 1 is 1.06 bits per heavy atom.